The van der Waals surface area contributed by atoms with Crippen LogP contribution in [0.1, 0.15) is 37.8 Å². The second-order valence-electron chi connectivity index (χ2n) is 7.12. The van der Waals surface area contributed by atoms with E-state index in [2.05, 4.69) is 5.32 Å². The topological polar surface area (TPSA) is 98.7 Å². The van der Waals surface area contributed by atoms with Gasteiger partial charge >= 0.3 is 5.97 Å². The molecule has 2 atom stereocenters. The van der Waals surface area contributed by atoms with Gasteiger partial charge in [-0.05, 0) is 43.9 Å². The zero-order chi connectivity index (χ0) is 21.7. The molecule has 9 nitrogen and oxygen atoms in total. The number of nitrogens with zero attached hydrogens (tertiary/aromatic N) is 2. The van der Waals surface area contributed by atoms with E-state index in [1.165, 1.54) is 21.3 Å². The molecule has 1 saturated heterocycles. The standard InChI is InChI=1S/C21H29N3O6/c1-5-30-20(26)16-17(13-11-14(27-2)18(29-4)15(12-13)28-3)22-21(23-19(16)25)24-9-7-6-8-10-24/h11-12,16-17H,5-10H2,1-4H3,(H,22,23,25)/t16-,17+/m0/s1. The summed E-state index contributed by atoms with van der Waals surface area (Å²) in [6.45, 7) is 3.50. The van der Waals surface area contributed by atoms with E-state index in [0.29, 0.717) is 28.8 Å². The quantitative estimate of drug-likeness (QED) is 0.555. The molecule has 3 rings (SSSR count). The number of carbonyl (C=O) groups excluding carboxylic acids is 2. The van der Waals surface area contributed by atoms with Crippen molar-refractivity contribution in [2.75, 3.05) is 41.0 Å². The molecule has 0 bridgehead atoms. The number of guanidine groups is 1. The Labute approximate surface area is 176 Å². The van der Waals surface area contributed by atoms with E-state index in [9.17, 15) is 9.59 Å². The van der Waals surface area contributed by atoms with Gasteiger partial charge in [0, 0.05) is 13.1 Å². The van der Waals surface area contributed by atoms with E-state index in [-0.39, 0.29) is 6.61 Å². The van der Waals surface area contributed by atoms with Crippen molar-refractivity contribution in [1.82, 2.24) is 10.2 Å². The summed E-state index contributed by atoms with van der Waals surface area (Å²) in [7, 11) is 4.54. The number of esters is 1. The lowest BCUT2D eigenvalue weighted by atomic mass is 9.90. The van der Waals surface area contributed by atoms with E-state index >= 15 is 0 Å². The van der Waals surface area contributed by atoms with Crippen LogP contribution < -0.4 is 19.5 Å². The Kier molecular flexibility index (Phi) is 7.02. The van der Waals surface area contributed by atoms with Crippen molar-refractivity contribution >= 4 is 17.8 Å². The Morgan fingerprint density at radius 2 is 1.73 bits per heavy atom. The molecule has 0 radical (unpaired) electrons. The molecule has 2 heterocycles. The number of likely N-dealkylation sites (tertiary alicyclic amines) is 1. The number of piperidine rings is 1. The van der Waals surface area contributed by atoms with Crippen LogP contribution in [0.15, 0.2) is 17.1 Å². The van der Waals surface area contributed by atoms with Gasteiger partial charge in [-0.3, -0.25) is 14.9 Å². The monoisotopic (exact) mass is 419 g/mol. The lowest BCUT2D eigenvalue weighted by Crippen LogP contribution is -2.53. The van der Waals surface area contributed by atoms with E-state index < -0.39 is 23.8 Å². The third-order valence-corrected chi connectivity index (χ3v) is 5.32. The highest BCUT2D eigenvalue weighted by Gasteiger charge is 2.42. The van der Waals surface area contributed by atoms with Gasteiger partial charge in [-0.1, -0.05) is 0 Å². The number of carbonyl (C=O) groups is 2. The van der Waals surface area contributed by atoms with Crippen LogP contribution in [0.4, 0.5) is 0 Å². The van der Waals surface area contributed by atoms with Gasteiger partial charge in [-0.25, -0.2) is 4.99 Å². The summed E-state index contributed by atoms with van der Waals surface area (Å²) < 4.78 is 21.4. The molecule has 2 aliphatic rings. The normalized spacial score (nSPS) is 21.4. The summed E-state index contributed by atoms with van der Waals surface area (Å²) in [5.74, 6) is -0.388. The van der Waals surface area contributed by atoms with Gasteiger partial charge < -0.3 is 23.8 Å². The van der Waals surface area contributed by atoms with Crippen molar-refractivity contribution in [1.29, 1.82) is 0 Å². The van der Waals surface area contributed by atoms with Gasteiger partial charge in [-0.15, -0.1) is 0 Å². The highest BCUT2D eigenvalue weighted by molar-refractivity contribution is 6.08. The van der Waals surface area contributed by atoms with Crippen molar-refractivity contribution in [2.45, 2.75) is 32.2 Å². The average Bonchev–Trinajstić information content (AvgIpc) is 2.78. The highest BCUT2D eigenvalue weighted by atomic mass is 16.5. The zero-order valence-electron chi connectivity index (χ0n) is 17.9. The highest BCUT2D eigenvalue weighted by Crippen LogP contribution is 2.42. The minimum atomic E-state index is -1.11. The fraction of sp³-hybridized carbons (Fsp3) is 0.571. The Hall–Kier alpha value is -2.97. The lowest BCUT2D eigenvalue weighted by Gasteiger charge is -2.35. The molecule has 0 spiro atoms. The largest absolute Gasteiger partial charge is 0.493 e. The van der Waals surface area contributed by atoms with E-state index in [4.69, 9.17) is 23.9 Å². The number of aliphatic imine (C=N–C) groups is 1. The van der Waals surface area contributed by atoms with Crippen molar-refractivity contribution in [3.05, 3.63) is 17.7 Å². The van der Waals surface area contributed by atoms with Crippen LogP contribution in [0.5, 0.6) is 17.2 Å². The summed E-state index contributed by atoms with van der Waals surface area (Å²) in [4.78, 5) is 32.5. The molecule has 0 aliphatic carbocycles. The number of nitrogens with one attached hydrogen (secondary N) is 1. The van der Waals surface area contributed by atoms with Crippen molar-refractivity contribution in [3.8, 4) is 17.2 Å². The van der Waals surface area contributed by atoms with Gasteiger partial charge in [0.15, 0.2) is 17.4 Å². The molecule has 0 aromatic heterocycles. The first kappa shape index (κ1) is 21.7. The third kappa shape index (κ3) is 4.29. The van der Waals surface area contributed by atoms with Crippen LogP contribution in [-0.4, -0.2) is 63.8 Å². The molecular formula is C21H29N3O6. The van der Waals surface area contributed by atoms with Crippen molar-refractivity contribution in [3.63, 3.8) is 0 Å². The number of methoxy groups -OCH3 is 3. The van der Waals surface area contributed by atoms with Crippen LogP contribution in [-0.2, 0) is 14.3 Å². The molecule has 1 fully saturated rings. The molecule has 9 heteroatoms. The van der Waals surface area contributed by atoms with Crippen LogP contribution in [0.25, 0.3) is 0 Å². The minimum Gasteiger partial charge on any atom is -0.493 e. The lowest BCUT2D eigenvalue weighted by molar-refractivity contribution is -0.153. The van der Waals surface area contributed by atoms with Gasteiger partial charge in [-0.2, -0.15) is 0 Å². The molecule has 0 unspecified atom stereocenters. The van der Waals surface area contributed by atoms with E-state index in [0.717, 1.165) is 32.4 Å². The Morgan fingerprint density at radius 3 is 2.27 bits per heavy atom. The molecule has 1 aromatic carbocycles. The predicted octanol–water partition coefficient (Wildman–Crippen LogP) is 1.90. The van der Waals surface area contributed by atoms with E-state index in [1.54, 1.807) is 19.1 Å². The molecule has 0 saturated carbocycles. The van der Waals surface area contributed by atoms with Crippen LogP contribution in [0, 0.1) is 5.92 Å². The van der Waals surface area contributed by atoms with Crippen LogP contribution in [0.2, 0.25) is 0 Å². The SMILES string of the molecule is CCOC(=O)[C@@H]1C(=O)NC(N2CCCCC2)=N[C@@H]1c1cc(OC)c(OC)c(OC)c1. The smallest absolute Gasteiger partial charge is 0.321 e. The molecule has 1 N–H and O–H groups in total. The second-order valence-corrected chi connectivity index (χ2v) is 7.12. The number of amides is 1. The molecule has 164 valence electrons. The first-order chi connectivity index (χ1) is 14.5. The van der Waals surface area contributed by atoms with Gasteiger partial charge in [0.2, 0.25) is 17.6 Å². The van der Waals surface area contributed by atoms with E-state index in [1.807, 2.05) is 4.90 Å². The Bertz CT molecular complexity index is 794. The maximum absolute atomic E-state index is 13.0. The minimum absolute atomic E-state index is 0.174. The van der Waals surface area contributed by atoms with Gasteiger partial charge in [0.1, 0.15) is 6.04 Å². The molecule has 30 heavy (non-hydrogen) atoms. The third-order valence-electron chi connectivity index (χ3n) is 5.32. The van der Waals surface area contributed by atoms with Crippen LogP contribution in [0.3, 0.4) is 0 Å². The zero-order valence-corrected chi connectivity index (χ0v) is 17.9. The molecular weight excluding hydrogens is 390 g/mol. The van der Waals surface area contributed by atoms with Gasteiger partial charge in [0.25, 0.3) is 0 Å². The number of benzene rings is 1. The molecule has 1 aromatic rings. The summed E-state index contributed by atoms with van der Waals surface area (Å²) in [6.07, 6.45) is 3.22. The average molecular weight is 419 g/mol. The summed E-state index contributed by atoms with van der Waals surface area (Å²) in [6, 6.07) is 2.66. The summed E-state index contributed by atoms with van der Waals surface area (Å²) in [5, 5.41) is 2.80. The number of hydrogen-bond acceptors (Lipinski definition) is 8. The maximum atomic E-state index is 13.0. The number of ether oxygens (including phenoxy) is 4. The fourth-order valence-electron chi connectivity index (χ4n) is 3.84. The molecule has 2 aliphatic heterocycles. The molecule has 1 amide bonds. The van der Waals surface area contributed by atoms with Crippen LogP contribution >= 0.6 is 0 Å². The predicted molar refractivity (Wildman–Crippen MR) is 110 cm³/mol. The van der Waals surface area contributed by atoms with Gasteiger partial charge in [0.05, 0.1) is 27.9 Å². The second kappa shape index (κ2) is 9.69. The first-order valence-electron chi connectivity index (χ1n) is 10.1. The Balaban J connectivity index is 2.09. The van der Waals surface area contributed by atoms with Crippen molar-refractivity contribution < 1.29 is 28.5 Å². The first-order valence-corrected chi connectivity index (χ1v) is 10.1. The summed E-state index contributed by atoms with van der Waals surface area (Å²) >= 11 is 0. The fourth-order valence-corrected chi connectivity index (χ4v) is 3.84. The number of hydrogen-bond donors (Lipinski definition) is 1. The number of rotatable bonds is 6. The van der Waals surface area contributed by atoms with Crippen molar-refractivity contribution in [2.24, 2.45) is 10.9 Å². The Morgan fingerprint density at radius 1 is 1.10 bits per heavy atom. The maximum Gasteiger partial charge on any atom is 0.321 e. The summed E-state index contributed by atoms with van der Waals surface area (Å²) in [5.41, 5.74) is 0.604.